The van der Waals surface area contributed by atoms with E-state index < -0.39 is 0 Å². The summed E-state index contributed by atoms with van der Waals surface area (Å²) in [6, 6.07) is 9.83. The molecule has 0 amide bonds. The highest BCUT2D eigenvalue weighted by Crippen LogP contribution is 2.10. The van der Waals surface area contributed by atoms with Crippen molar-refractivity contribution in [2.75, 3.05) is 0 Å². The number of benzene rings is 1. The summed E-state index contributed by atoms with van der Waals surface area (Å²) in [7, 11) is 0.0414. The Labute approximate surface area is 73.8 Å². The van der Waals surface area contributed by atoms with E-state index in [9.17, 15) is 4.57 Å². The average Bonchev–Trinajstić information content (AvgIpc) is 2.16. The first-order valence-electron chi connectivity index (χ1n) is 3.81. The number of ether oxygens (including phenoxy) is 1. The summed E-state index contributed by atoms with van der Waals surface area (Å²) < 4.78 is 15.6. The van der Waals surface area contributed by atoms with Crippen molar-refractivity contribution in [1.29, 1.82) is 0 Å². The van der Waals surface area contributed by atoms with Crippen molar-refractivity contribution in [3.05, 3.63) is 35.9 Å². The van der Waals surface area contributed by atoms with Crippen LogP contribution in [-0.2, 0) is 15.9 Å². The van der Waals surface area contributed by atoms with Crippen LogP contribution in [0.1, 0.15) is 12.5 Å². The second-order valence-electron chi connectivity index (χ2n) is 2.50. The monoisotopic (exact) mass is 182 g/mol. The van der Waals surface area contributed by atoms with Crippen LogP contribution in [0.3, 0.4) is 0 Å². The smallest absolute Gasteiger partial charge is 0.187 e. The molecule has 0 saturated heterocycles. The lowest BCUT2D eigenvalue weighted by Crippen LogP contribution is -1.99. The summed E-state index contributed by atoms with van der Waals surface area (Å²) in [5, 5.41) is 0. The molecule has 1 unspecified atom stereocenters. The minimum Gasteiger partial charge on any atom is -0.362 e. The predicted octanol–water partition coefficient (Wildman–Crippen LogP) is 2.84. The molecule has 1 rings (SSSR count). The summed E-state index contributed by atoms with van der Waals surface area (Å²) in [6.45, 7) is 2.30. The quantitative estimate of drug-likeness (QED) is 0.669. The fourth-order valence-electron chi connectivity index (χ4n) is 0.821. The van der Waals surface area contributed by atoms with Crippen molar-refractivity contribution < 1.29 is 9.30 Å². The maximum Gasteiger partial charge on any atom is 0.187 e. The van der Waals surface area contributed by atoms with Gasteiger partial charge in [0.2, 0.25) is 0 Å². The van der Waals surface area contributed by atoms with Gasteiger partial charge in [0.1, 0.15) is 5.85 Å². The van der Waals surface area contributed by atoms with Crippen molar-refractivity contribution in [3.63, 3.8) is 0 Å². The van der Waals surface area contributed by atoms with E-state index in [0.29, 0.717) is 6.61 Å². The number of rotatable bonds is 4. The molecule has 64 valence electrons. The van der Waals surface area contributed by atoms with E-state index in [-0.39, 0.29) is 14.3 Å². The molecule has 0 fully saturated rings. The fourth-order valence-corrected chi connectivity index (χ4v) is 0.957. The van der Waals surface area contributed by atoms with E-state index in [4.69, 9.17) is 4.74 Å². The van der Waals surface area contributed by atoms with Crippen LogP contribution in [-0.4, -0.2) is 5.85 Å². The third kappa shape index (κ3) is 3.12. The zero-order valence-electron chi connectivity index (χ0n) is 6.93. The SMILES string of the molecule is CC(OCc1ccccc1)P=O. The van der Waals surface area contributed by atoms with Crippen molar-refractivity contribution in [1.82, 2.24) is 0 Å². The molecule has 0 aliphatic carbocycles. The maximum absolute atomic E-state index is 10.3. The molecule has 0 heterocycles. The normalized spacial score (nSPS) is 13.1. The first-order chi connectivity index (χ1) is 5.83. The topological polar surface area (TPSA) is 26.3 Å². The van der Waals surface area contributed by atoms with Gasteiger partial charge in [-0.3, -0.25) is 4.57 Å². The van der Waals surface area contributed by atoms with Gasteiger partial charge in [0.15, 0.2) is 8.46 Å². The summed E-state index contributed by atoms with van der Waals surface area (Å²) in [5.41, 5.74) is 1.10. The number of hydrogen-bond acceptors (Lipinski definition) is 2. The molecule has 0 aromatic heterocycles. The zero-order valence-corrected chi connectivity index (χ0v) is 7.83. The third-order valence-corrected chi connectivity index (χ3v) is 1.93. The Kier molecular flexibility index (Phi) is 3.92. The van der Waals surface area contributed by atoms with Gasteiger partial charge in [-0.2, -0.15) is 0 Å². The molecule has 0 aliphatic heterocycles. The second-order valence-corrected chi connectivity index (χ2v) is 3.44. The standard InChI is InChI=1S/C9H11O2P/c1-8(12-10)11-7-9-5-3-2-4-6-9/h2-6,8H,7H2,1H3. The van der Waals surface area contributed by atoms with Gasteiger partial charge in [-0.15, -0.1) is 0 Å². The molecule has 0 aliphatic rings. The Hall–Kier alpha value is -0.720. The Morgan fingerprint density at radius 3 is 2.67 bits per heavy atom. The van der Waals surface area contributed by atoms with Crippen LogP contribution in [0.2, 0.25) is 0 Å². The molecule has 1 atom stereocenters. The van der Waals surface area contributed by atoms with Crippen LogP contribution in [0.15, 0.2) is 30.3 Å². The molecule has 0 saturated carbocycles. The van der Waals surface area contributed by atoms with Gasteiger partial charge >= 0.3 is 0 Å². The van der Waals surface area contributed by atoms with Crippen molar-refractivity contribution in [2.45, 2.75) is 19.4 Å². The van der Waals surface area contributed by atoms with Gasteiger partial charge in [-0.25, -0.2) is 0 Å². The molecule has 0 radical (unpaired) electrons. The summed E-state index contributed by atoms with van der Waals surface area (Å²) in [6.07, 6.45) is 0. The lowest BCUT2D eigenvalue weighted by molar-refractivity contribution is 0.106. The zero-order chi connectivity index (χ0) is 8.81. The van der Waals surface area contributed by atoms with E-state index in [1.807, 2.05) is 30.3 Å². The first kappa shape index (κ1) is 9.37. The van der Waals surface area contributed by atoms with Crippen molar-refractivity contribution >= 4 is 8.46 Å². The minimum absolute atomic E-state index is 0.0414. The van der Waals surface area contributed by atoms with Gasteiger partial charge in [0, 0.05) is 0 Å². The highest BCUT2D eigenvalue weighted by atomic mass is 31.1. The van der Waals surface area contributed by atoms with Gasteiger partial charge in [-0.05, 0) is 12.5 Å². The highest BCUT2D eigenvalue weighted by molar-refractivity contribution is 7.24. The maximum atomic E-state index is 10.3. The van der Waals surface area contributed by atoms with Crippen LogP contribution >= 0.6 is 8.46 Å². The summed E-state index contributed by atoms with van der Waals surface area (Å²) in [5.74, 6) is -0.217. The lowest BCUT2D eigenvalue weighted by Gasteiger charge is -2.04. The van der Waals surface area contributed by atoms with Crippen LogP contribution < -0.4 is 0 Å². The van der Waals surface area contributed by atoms with E-state index in [1.54, 1.807) is 6.92 Å². The molecule has 0 bridgehead atoms. The van der Waals surface area contributed by atoms with E-state index in [2.05, 4.69) is 0 Å². The molecular formula is C9H11O2P. The fraction of sp³-hybridized carbons (Fsp3) is 0.333. The minimum atomic E-state index is -0.217. The van der Waals surface area contributed by atoms with Gasteiger partial charge in [0.05, 0.1) is 6.61 Å². The van der Waals surface area contributed by atoms with E-state index >= 15 is 0 Å². The van der Waals surface area contributed by atoms with Gasteiger partial charge in [0.25, 0.3) is 0 Å². The molecule has 0 spiro atoms. The van der Waals surface area contributed by atoms with Gasteiger partial charge < -0.3 is 4.74 Å². The van der Waals surface area contributed by atoms with Crippen molar-refractivity contribution in [2.24, 2.45) is 0 Å². The summed E-state index contributed by atoms with van der Waals surface area (Å²) >= 11 is 0. The Bertz CT molecular complexity index is 236. The molecular weight excluding hydrogens is 171 g/mol. The third-order valence-electron chi connectivity index (χ3n) is 1.48. The molecule has 1 aromatic rings. The molecule has 3 heteroatoms. The Balaban J connectivity index is 2.38. The number of hydrogen-bond donors (Lipinski definition) is 0. The van der Waals surface area contributed by atoms with Crippen molar-refractivity contribution in [3.8, 4) is 0 Å². The molecule has 2 nitrogen and oxygen atoms in total. The Morgan fingerprint density at radius 1 is 1.42 bits per heavy atom. The molecule has 0 N–H and O–H groups in total. The van der Waals surface area contributed by atoms with Gasteiger partial charge in [-0.1, -0.05) is 30.3 Å². The van der Waals surface area contributed by atoms with Crippen LogP contribution in [0, 0.1) is 0 Å². The highest BCUT2D eigenvalue weighted by Gasteiger charge is 1.99. The summed E-state index contributed by atoms with van der Waals surface area (Å²) in [4.78, 5) is 0. The Morgan fingerprint density at radius 2 is 2.08 bits per heavy atom. The first-order valence-corrected chi connectivity index (χ1v) is 4.69. The van der Waals surface area contributed by atoms with Crippen LogP contribution in [0.4, 0.5) is 0 Å². The molecule has 1 aromatic carbocycles. The largest absolute Gasteiger partial charge is 0.362 e. The van der Waals surface area contributed by atoms with Crippen LogP contribution in [0.25, 0.3) is 0 Å². The van der Waals surface area contributed by atoms with E-state index in [1.165, 1.54) is 0 Å². The molecule has 12 heavy (non-hydrogen) atoms. The van der Waals surface area contributed by atoms with Crippen LogP contribution in [0.5, 0.6) is 0 Å². The van der Waals surface area contributed by atoms with E-state index in [0.717, 1.165) is 5.56 Å². The second kappa shape index (κ2) is 5.02. The average molecular weight is 182 g/mol. The predicted molar refractivity (Wildman–Crippen MR) is 48.3 cm³/mol. The lowest BCUT2D eigenvalue weighted by atomic mass is 10.2.